The van der Waals surface area contributed by atoms with Gasteiger partial charge >= 0.3 is 0 Å². The molecule has 1 atom stereocenters. The van der Waals surface area contributed by atoms with Gasteiger partial charge in [0.2, 0.25) is 5.91 Å². The van der Waals surface area contributed by atoms with E-state index < -0.39 is 0 Å². The molecule has 100 valence electrons. The summed E-state index contributed by atoms with van der Waals surface area (Å²) in [5, 5.41) is 0. The first-order chi connectivity index (χ1) is 8.69. The van der Waals surface area contributed by atoms with Crippen LogP contribution in [0, 0.1) is 0 Å². The molecular weight excluding hydrogens is 232 g/mol. The average molecular weight is 252 g/mol. The number of hydrogen-bond donors (Lipinski definition) is 2. The summed E-state index contributed by atoms with van der Waals surface area (Å²) in [6.07, 6.45) is 0. The molecule has 0 saturated heterocycles. The SMILES string of the molecule is COCCOCc1ccc(C(C)C(=O)NN)cc1. The summed E-state index contributed by atoms with van der Waals surface area (Å²) < 4.78 is 10.3. The van der Waals surface area contributed by atoms with Gasteiger partial charge in [-0.25, -0.2) is 5.84 Å². The Bertz CT molecular complexity index is 365. The molecule has 0 heterocycles. The molecule has 1 amide bonds. The molecule has 1 unspecified atom stereocenters. The third kappa shape index (κ3) is 4.44. The fraction of sp³-hybridized carbons (Fsp3) is 0.462. The first-order valence-electron chi connectivity index (χ1n) is 5.85. The number of carbonyl (C=O) groups excluding carboxylic acids is 1. The number of hydrazine groups is 1. The van der Waals surface area contributed by atoms with Crippen molar-refractivity contribution in [2.75, 3.05) is 20.3 Å². The number of rotatable bonds is 7. The van der Waals surface area contributed by atoms with Crippen LogP contribution in [0.4, 0.5) is 0 Å². The monoisotopic (exact) mass is 252 g/mol. The number of methoxy groups -OCH3 is 1. The molecule has 0 aliphatic rings. The van der Waals surface area contributed by atoms with Gasteiger partial charge < -0.3 is 9.47 Å². The zero-order chi connectivity index (χ0) is 13.4. The van der Waals surface area contributed by atoms with Crippen LogP contribution in [0.25, 0.3) is 0 Å². The standard InChI is InChI=1S/C13H20N2O3/c1-10(13(16)15-14)12-5-3-11(4-6-12)9-18-8-7-17-2/h3-6,10H,7-9,14H2,1-2H3,(H,15,16). The molecule has 0 saturated carbocycles. The van der Waals surface area contributed by atoms with Crippen LogP contribution in [0.2, 0.25) is 0 Å². The molecule has 0 aliphatic carbocycles. The van der Waals surface area contributed by atoms with Crippen molar-refractivity contribution in [3.05, 3.63) is 35.4 Å². The van der Waals surface area contributed by atoms with Crippen LogP contribution in [-0.4, -0.2) is 26.2 Å². The maximum atomic E-state index is 11.4. The van der Waals surface area contributed by atoms with E-state index in [9.17, 15) is 4.79 Å². The van der Waals surface area contributed by atoms with Crippen molar-refractivity contribution >= 4 is 5.91 Å². The summed E-state index contributed by atoms with van der Waals surface area (Å²) in [6, 6.07) is 7.72. The summed E-state index contributed by atoms with van der Waals surface area (Å²) in [4.78, 5) is 11.4. The van der Waals surface area contributed by atoms with Gasteiger partial charge in [-0.15, -0.1) is 0 Å². The highest BCUT2D eigenvalue weighted by Crippen LogP contribution is 2.16. The number of nitrogens with one attached hydrogen (secondary N) is 1. The van der Waals surface area contributed by atoms with Gasteiger partial charge in [-0.1, -0.05) is 24.3 Å². The van der Waals surface area contributed by atoms with Crippen LogP contribution >= 0.6 is 0 Å². The molecule has 1 aromatic carbocycles. The van der Waals surface area contributed by atoms with Gasteiger partial charge in [0.25, 0.3) is 0 Å². The Morgan fingerprint density at radius 1 is 1.33 bits per heavy atom. The fourth-order valence-electron chi connectivity index (χ4n) is 1.51. The minimum absolute atomic E-state index is 0.195. The van der Waals surface area contributed by atoms with E-state index in [2.05, 4.69) is 5.43 Å². The molecule has 0 fully saturated rings. The Labute approximate surface area is 107 Å². The second kappa shape index (κ2) is 7.81. The summed E-state index contributed by atoms with van der Waals surface area (Å²) >= 11 is 0. The van der Waals surface area contributed by atoms with Crippen LogP contribution < -0.4 is 11.3 Å². The molecule has 0 spiro atoms. The topological polar surface area (TPSA) is 73.6 Å². The summed E-state index contributed by atoms with van der Waals surface area (Å²) in [5.74, 6) is 4.66. The molecule has 0 bridgehead atoms. The lowest BCUT2D eigenvalue weighted by Crippen LogP contribution is -2.33. The zero-order valence-electron chi connectivity index (χ0n) is 10.8. The second-order valence-electron chi connectivity index (χ2n) is 4.02. The lowest BCUT2D eigenvalue weighted by molar-refractivity contribution is -0.122. The van der Waals surface area contributed by atoms with Crippen molar-refractivity contribution in [2.45, 2.75) is 19.4 Å². The second-order valence-corrected chi connectivity index (χ2v) is 4.02. The number of amides is 1. The Kier molecular flexibility index (Phi) is 6.35. The zero-order valence-corrected chi connectivity index (χ0v) is 10.8. The Hall–Kier alpha value is -1.43. The highest BCUT2D eigenvalue weighted by Gasteiger charge is 2.13. The van der Waals surface area contributed by atoms with Crippen molar-refractivity contribution in [3.8, 4) is 0 Å². The first-order valence-corrected chi connectivity index (χ1v) is 5.85. The van der Waals surface area contributed by atoms with Crippen LogP contribution in [0.15, 0.2) is 24.3 Å². The van der Waals surface area contributed by atoms with Crippen LogP contribution in [0.1, 0.15) is 24.0 Å². The molecule has 1 rings (SSSR count). The Balaban J connectivity index is 2.49. The average Bonchev–Trinajstić information content (AvgIpc) is 2.42. The molecule has 3 N–H and O–H groups in total. The van der Waals surface area contributed by atoms with E-state index in [1.165, 1.54) is 0 Å². The number of carbonyl (C=O) groups is 1. The van der Waals surface area contributed by atoms with Crippen molar-refractivity contribution < 1.29 is 14.3 Å². The summed E-state index contributed by atoms with van der Waals surface area (Å²) in [6.45, 7) is 3.52. The van der Waals surface area contributed by atoms with Gasteiger partial charge in [0.05, 0.1) is 25.7 Å². The van der Waals surface area contributed by atoms with Gasteiger partial charge in [-0.2, -0.15) is 0 Å². The Morgan fingerprint density at radius 3 is 2.56 bits per heavy atom. The van der Waals surface area contributed by atoms with Crippen LogP contribution in [-0.2, 0) is 20.9 Å². The van der Waals surface area contributed by atoms with Crippen LogP contribution in [0.3, 0.4) is 0 Å². The molecule has 0 aliphatic heterocycles. The van der Waals surface area contributed by atoms with Gasteiger partial charge in [-0.3, -0.25) is 10.2 Å². The van der Waals surface area contributed by atoms with E-state index in [1.54, 1.807) is 7.11 Å². The highest BCUT2D eigenvalue weighted by atomic mass is 16.5. The predicted octanol–water partition coefficient (Wildman–Crippen LogP) is 0.943. The summed E-state index contributed by atoms with van der Waals surface area (Å²) in [5.41, 5.74) is 4.14. The minimum Gasteiger partial charge on any atom is -0.382 e. The van der Waals surface area contributed by atoms with Gasteiger partial charge in [-0.05, 0) is 18.1 Å². The van der Waals surface area contributed by atoms with Crippen molar-refractivity contribution in [2.24, 2.45) is 5.84 Å². The van der Waals surface area contributed by atoms with E-state index in [4.69, 9.17) is 15.3 Å². The van der Waals surface area contributed by atoms with Gasteiger partial charge in [0.15, 0.2) is 0 Å². The number of benzene rings is 1. The maximum absolute atomic E-state index is 11.4. The smallest absolute Gasteiger partial charge is 0.241 e. The number of hydrogen-bond acceptors (Lipinski definition) is 4. The van der Waals surface area contributed by atoms with Crippen molar-refractivity contribution in [1.82, 2.24) is 5.43 Å². The number of ether oxygens (including phenoxy) is 2. The van der Waals surface area contributed by atoms with Crippen molar-refractivity contribution in [3.63, 3.8) is 0 Å². The molecule has 5 nitrogen and oxygen atoms in total. The molecule has 1 aromatic rings. The molecule has 5 heteroatoms. The highest BCUT2D eigenvalue weighted by molar-refractivity contribution is 5.82. The number of nitrogens with two attached hydrogens (primary N) is 1. The van der Waals surface area contributed by atoms with Crippen LogP contribution in [0.5, 0.6) is 0 Å². The van der Waals surface area contributed by atoms with Crippen molar-refractivity contribution in [1.29, 1.82) is 0 Å². The normalized spacial score (nSPS) is 12.2. The quantitative estimate of drug-likeness (QED) is 0.328. The van der Waals surface area contributed by atoms with E-state index in [0.29, 0.717) is 19.8 Å². The molecule has 0 aromatic heterocycles. The maximum Gasteiger partial charge on any atom is 0.241 e. The third-order valence-corrected chi connectivity index (χ3v) is 2.72. The molecular formula is C13H20N2O3. The largest absolute Gasteiger partial charge is 0.382 e. The van der Waals surface area contributed by atoms with E-state index >= 15 is 0 Å². The van der Waals surface area contributed by atoms with E-state index in [-0.39, 0.29) is 11.8 Å². The minimum atomic E-state index is -0.251. The first kappa shape index (κ1) is 14.6. The van der Waals surface area contributed by atoms with E-state index in [0.717, 1.165) is 11.1 Å². The Morgan fingerprint density at radius 2 is 2.00 bits per heavy atom. The van der Waals surface area contributed by atoms with Gasteiger partial charge in [0, 0.05) is 7.11 Å². The lowest BCUT2D eigenvalue weighted by atomic mass is 9.99. The molecule has 0 radical (unpaired) electrons. The summed E-state index contributed by atoms with van der Waals surface area (Å²) in [7, 11) is 1.64. The third-order valence-electron chi connectivity index (χ3n) is 2.72. The van der Waals surface area contributed by atoms with E-state index in [1.807, 2.05) is 31.2 Å². The van der Waals surface area contributed by atoms with Gasteiger partial charge in [0.1, 0.15) is 0 Å². The fourth-order valence-corrected chi connectivity index (χ4v) is 1.51. The predicted molar refractivity (Wildman–Crippen MR) is 68.7 cm³/mol. The molecule has 18 heavy (non-hydrogen) atoms. The lowest BCUT2D eigenvalue weighted by Gasteiger charge is -2.11.